The zero-order chi connectivity index (χ0) is 19.6. The first-order valence-electron chi connectivity index (χ1n) is 8.72. The van der Waals surface area contributed by atoms with Gasteiger partial charge < -0.3 is 9.88 Å². The van der Waals surface area contributed by atoms with E-state index < -0.39 is 11.7 Å². The van der Waals surface area contributed by atoms with E-state index >= 15 is 0 Å². The van der Waals surface area contributed by atoms with Gasteiger partial charge in [0.05, 0.1) is 17.4 Å². The van der Waals surface area contributed by atoms with E-state index in [0.717, 1.165) is 35.5 Å². The summed E-state index contributed by atoms with van der Waals surface area (Å²) in [5, 5.41) is 3.95. The van der Waals surface area contributed by atoms with Crippen molar-refractivity contribution < 1.29 is 13.2 Å². The van der Waals surface area contributed by atoms with Gasteiger partial charge in [-0.05, 0) is 29.3 Å². The molecule has 0 unspecified atom stereocenters. The summed E-state index contributed by atoms with van der Waals surface area (Å²) in [6.07, 6.45) is 2.56. The second-order valence-corrected chi connectivity index (χ2v) is 6.49. The Morgan fingerprint density at radius 1 is 0.929 bits per heavy atom. The number of fused-ring (bicyclic) bond motifs is 1. The molecule has 0 bridgehead atoms. The van der Waals surface area contributed by atoms with Gasteiger partial charge in [-0.3, -0.25) is 4.98 Å². The van der Waals surface area contributed by atoms with Gasteiger partial charge in [-0.25, -0.2) is 4.98 Å². The van der Waals surface area contributed by atoms with Crippen LogP contribution in [0.3, 0.4) is 0 Å². The molecule has 0 aliphatic carbocycles. The van der Waals surface area contributed by atoms with Crippen LogP contribution < -0.4 is 5.32 Å². The number of hydrogen-bond acceptors (Lipinski definition) is 3. The summed E-state index contributed by atoms with van der Waals surface area (Å²) >= 11 is 0. The van der Waals surface area contributed by atoms with Crippen molar-refractivity contribution in [3.63, 3.8) is 0 Å². The average molecular weight is 382 g/mol. The number of alkyl halides is 3. The molecule has 0 saturated carbocycles. The van der Waals surface area contributed by atoms with Crippen LogP contribution in [-0.2, 0) is 19.3 Å². The maximum atomic E-state index is 12.9. The van der Waals surface area contributed by atoms with Crippen LogP contribution in [0.5, 0.6) is 0 Å². The lowest BCUT2D eigenvalue weighted by Gasteiger charge is -2.12. The van der Waals surface area contributed by atoms with Crippen LogP contribution in [-0.4, -0.2) is 14.5 Å². The minimum absolute atomic E-state index is 0.315. The second kappa shape index (κ2) is 7.34. The van der Waals surface area contributed by atoms with E-state index in [-0.39, 0.29) is 0 Å². The van der Waals surface area contributed by atoms with Gasteiger partial charge in [0, 0.05) is 42.8 Å². The van der Waals surface area contributed by atoms with Crippen molar-refractivity contribution in [3.05, 3.63) is 90.1 Å². The van der Waals surface area contributed by atoms with Gasteiger partial charge in [0.2, 0.25) is 0 Å². The highest BCUT2D eigenvalue weighted by molar-refractivity contribution is 5.91. The lowest BCUT2D eigenvalue weighted by Crippen LogP contribution is -2.05. The first kappa shape index (κ1) is 18.0. The van der Waals surface area contributed by atoms with Crippen molar-refractivity contribution >= 4 is 16.6 Å². The Balaban J connectivity index is 1.48. The number of benzene rings is 2. The molecule has 0 aliphatic rings. The molecule has 0 aliphatic heterocycles. The lowest BCUT2D eigenvalue weighted by molar-refractivity contribution is -0.137. The van der Waals surface area contributed by atoms with Crippen LogP contribution in [0.4, 0.5) is 18.9 Å². The van der Waals surface area contributed by atoms with Crippen molar-refractivity contribution in [2.75, 3.05) is 5.32 Å². The third-order valence-electron chi connectivity index (χ3n) is 4.50. The highest BCUT2D eigenvalue weighted by Crippen LogP contribution is 2.32. The van der Waals surface area contributed by atoms with Crippen LogP contribution in [0.2, 0.25) is 0 Å². The van der Waals surface area contributed by atoms with Crippen molar-refractivity contribution in [1.82, 2.24) is 14.5 Å². The molecular formula is C21H17F3N4. The number of imidazole rings is 1. The Morgan fingerprint density at radius 2 is 1.71 bits per heavy atom. The van der Waals surface area contributed by atoms with Crippen LogP contribution in [0.1, 0.15) is 16.7 Å². The van der Waals surface area contributed by atoms with E-state index in [2.05, 4.69) is 27.4 Å². The SMILES string of the molecule is FC(F)(F)c1ccc2c(NCc3ccc(Cn4ccnc4)cc3)ccnc2c1. The van der Waals surface area contributed by atoms with Crippen molar-refractivity contribution in [3.8, 4) is 0 Å². The summed E-state index contributed by atoms with van der Waals surface area (Å²) in [6.45, 7) is 1.32. The zero-order valence-corrected chi connectivity index (χ0v) is 14.8. The summed E-state index contributed by atoms with van der Waals surface area (Å²) in [7, 11) is 0. The first-order chi connectivity index (χ1) is 13.5. The normalized spacial score (nSPS) is 11.7. The highest BCUT2D eigenvalue weighted by atomic mass is 19.4. The molecule has 2 heterocycles. The van der Waals surface area contributed by atoms with E-state index in [9.17, 15) is 13.2 Å². The lowest BCUT2D eigenvalue weighted by atomic mass is 10.1. The minimum atomic E-state index is -4.38. The third kappa shape index (κ3) is 3.98. The maximum Gasteiger partial charge on any atom is 0.416 e. The Hall–Kier alpha value is -3.35. The number of rotatable bonds is 5. The number of nitrogens with one attached hydrogen (secondary N) is 1. The maximum absolute atomic E-state index is 12.9. The molecule has 0 spiro atoms. The fourth-order valence-corrected chi connectivity index (χ4v) is 3.03. The first-order valence-corrected chi connectivity index (χ1v) is 8.72. The molecule has 4 rings (SSSR count). The fourth-order valence-electron chi connectivity index (χ4n) is 3.03. The van der Waals surface area contributed by atoms with Crippen LogP contribution in [0, 0.1) is 0 Å². The van der Waals surface area contributed by atoms with E-state index in [0.29, 0.717) is 17.4 Å². The minimum Gasteiger partial charge on any atom is -0.380 e. The largest absolute Gasteiger partial charge is 0.416 e. The topological polar surface area (TPSA) is 42.7 Å². The Bertz CT molecular complexity index is 1070. The van der Waals surface area contributed by atoms with Gasteiger partial charge in [-0.2, -0.15) is 13.2 Å². The van der Waals surface area contributed by atoms with E-state index in [4.69, 9.17) is 0 Å². The molecule has 0 radical (unpaired) electrons. The predicted molar refractivity (Wildman–Crippen MR) is 102 cm³/mol. The van der Waals surface area contributed by atoms with Gasteiger partial charge in [0.15, 0.2) is 0 Å². The molecule has 2 aromatic heterocycles. The molecule has 0 saturated heterocycles. The summed E-state index contributed by atoms with van der Waals surface area (Å²) in [5.74, 6) is 0. The summed E-state index contributed by atoms with van der Waals surface area (Å²) in [5.41, 5.74) is 2.61. The number of anilines is 1. The quantitative estimate of drug-likeness (QED) is 0.522. The molecule has 4 nitrogen and oxygen atoms in total. The number of hydrogen-bond donors (Lipinski definition) is 1. The molecule has 1 N–H and O–H groups in total. The average Bonchev–Trinajstić information content (AvgIpc) is 3.19. The zero-order valence-electron chi connectivity index (χ0n) is 14.8. The fraction of sp³-hybridized carbons (Fsp3) is 0.143. The van der Waals surface area contributed by atoms with Crippen LogP contribution in [0.15, 0.2) is 73.4 Å². The van der Waals surface area contributed by atoms with Crippen LogP contribution >= 0.6 is 0 Å². The smallest absolute Gasteiger partial charge is 0.380 e. The van der Waals surface area contributed by atoms with Gasteiger partial charge >= 0.3 is 6.18 Å². The molecule has 28 heavy (non-hydrogen) atoms. The predicted octanol–water partition coefficient (Wildman–Crippen LogP) is 5.11. The standard InChI is InChI=1S/C21H17F3N4/c22-21(23,24)17-5-6-18-19(7-8-26-20(18)11-17)27-12-15-1-3-16(4-2-15)13-28-10-9-25-14-28/h1-11,14H,12-13H2,(H,26,27). The molecular weight excluding hydrogens is 365 g/mol. The van der Waals surface area contributed by atoms with E-state index in [1.807, 2.05) is 22.9 Å². The van der Waals surface area contributed by atoms with Gasteiger partial charge in [-0.1, -0.05) is 30.3 Å². The highest BCUT2D eigenvalue weighted by Gasteiger charge is 2.30. The molecule has 4 aromatic rings. The van der Waals surface area contributed by atoms with Crippen molar-refractivity contribution in [2.45, 2.75) is 19.3 Å². The molecule has 142 valence electrons. The molecule has 0 atom stereocenters. The van der Waals surface area contributed by atoms with E-state index in [1.54, 1.807) is 18.6 Å². The number of aromatic nitrogens is 3. The van der Waals surface area contributed by atoms with Crippen LogP contribution in [0.25, 0.3) is 10.9 Å². The van der Waals surface area contributed by atoms with Gasteiger partial charge in [0.25, 0.3) is 0 Å². The summed E-state index contributed by atoms with van der Waals surface area (Å²) in [4.78, 5) is 8.10. The number of nitrogens with zero attached hydrogens (tertiary/aromatic N) is 3. The third-order valence-corrected chi connectivity index (χ3v) is 4.50. The van der Waals surface area contributed by atoms with Gasteiger partial charge in [0.1, 0.15) is 0 Å². The molecule has 2 aromatic carbocycles. The molecule has 0 amide bonds. The summed E-state index contributed by atoms with van der Waals surface area (Å²) < 4.78 is 40.7. The monoisotopic (exact) mass is 382 g/mol. The number of pyridine rings is 1. The Labute approximate surface area is 159 Å². The Morgan fingerprint density at radius 3 is 2.43 bits per heavy atom. The van der Waals surface area contributed by atoms with Gasteiger partial charge in [-0.15, -0.1) is 0 Å². The Kier molecular flexibility index (Phi) is 4.73. The molecule has 0 fully saturated rings. The van der Waals surface area contributed by atoms with Crippen molar-refractivity contribution in [2.24, 2.45) is 0 Å². The van der Waals surface area contributed by atoms with Crippen molar-refractivity contribution in [1.29, 1.82) is 0 Å². The molecule has 7 heteroatoms. The second-order valence-electron chi connectivity index (χ2n) is 6.49. The van der Waals surface area contributed by atoms with E-state index in [1.165, 1.54) is 12.3 Å². The number of halogens is 3. The summed E-state index contributed by atoms with van der Waals surface area (Å²) in [6, 6.07) is 13.6.